The van der Waals surface area contributed by atoms with E-state index < -0.39 is 0 Å². The molecule has 0 nitrogen and oxygen atoms in total. The molecule has 12 rings (SSSR count). The molecule has 0 bridgehead atoms. The average molecular weight is 837 g/mol. The highest BCUT2D eigenvalue weighted by molar-refractivity contribution is 7.19. The minimum Gasteiger partial charge on any atom is -0.139 e. The topological polar surface area (TPSA) is 0 Å². The molecule has 2 heteroatoms. The Morgan fingerprint density at radius 3 is 1.47 bits per heavy atom. The molecule has 0 spiro atoms. The van der Waals surface area contributed by atoms with Gasteiger partial charge in [-0.25, -0.2) is 0 Å². The van der Waals surface area contributed by atoms with Crippen molar-refractivity contribution in [2.45, 2.75) is 75.5 Å². The number of rotatable bonds is 7. The second-order valence-electron chi connectivity index (χ2n) is 18.3. The second-order valence-corrected chi connectivity index (χ2v) is 20.4. The molecule has 7 aromatic carbocycles. The van der Waals surface area contributed by atoms with Gasteiger partial charge in [-0.2, -0.15) is 0 Å². The fourth-order valence-electron chi connectivity index (χ4n) is 12.3. The first-order chi connectivity index (χ1) is 30.8. The van der Waals surface area contributed by atoms with Crippen LogP contribution >= 0.6 is 22.7 Å². The summed E-state index contributed by atoms with van der Waals surface area (Å²) < 4.78 is 0. The van der Waals surface area contributed by atoms with Crippen molar-refractivity contribution in [3.63, 3.8) is 0 Å². The minimum absolute atomic E-state index is 0.325. The molecule has 2 aromatic heterocycles. The molecule has 0 N–H and O–H groups in total. The summed E-state index contributed by atoms with van der Waals surface area (Å²) in [5.74, 6) is 2.59. The van der Waals surface area contributed by atoms with Crippen LogP contribution in [0, 0.1) is 11.8 Å². The van der Waals surface area contributed by atoms with Gasteiger partial charge in [0.2, 0.25) is 0 Å². The predicted octanol–water partition coefficient (Wildman–Crippen LogP) is 17.9. The fraction of sp³-hybridized carbons (Fsp3) is 0.233. The minimum atomic E-state index is 0.325. The van der Waals surface area contributed by atoms with Gasteiger partial charge in [0.15, 0.2) is 0 Å². The monoisotopic (exact) mass is 836 g/mol. The van der Waals surface area contributed by atoms with E-state index in [1.807, 2.05) is 11.3 Å². The first-order valence-corrected chi connectivity index (χ1v) is 24.9. The van der Waals surface area contributed by atoms with Gasteiger partial charge >= 0.3 is 0 Å². The summed E-state index contributed by atoms with van der Waals surface area (Å²) in [5, 5.41) is 5.58. The van der Waals surface area contributed by atoms with E-state index in [1.165, 1.54) is 122 Å². The summed E-state index contributed by atoms with van der Waals surface area (Å²) in [4.78, 5) is 5.81. The van der Waals surface area contributed by atoms with Gasteiger partial charge in [0.05, 0.1) is 0 Å². The third kappa shape index (κ3) is 6.52. The van der Waals surface area contributed by atoms with E-state index in [2.05, 4.69) is 187 Å². The molecule has 304 valence electrons. The molecule has 3 aliphatic carbocycles. The molecular formula is C60H52S2. The van der Waals surface area contributed by atoms with E-state index in [0.29, 0.717) is 29.6 Å². The van der Waals surface area contributed by atoms with Crippen molar-refractivity contribution >= 4 is 44.2 Å². The highest BCUT2D eigenvalue weighted by Crippen LogP contribution is 2.61. The maximum Gasteiger partial charge on any atom is 0.0427 e. The van der Waals surface area contributed by atoms with E-state index in [4.69, 9.17) is 0 Å². The summed E-state index contributed by atoms with van der Waals surface area (Å²) in [5.41, 5.74) is 12.9. The summed E-state index contributed by atoms with van der Waals surface area (Å²) >= 11 is 4.08. The molecule has 4 unspecified atom stereocenters. The normalized spacial score (nSPS) is 20.3. The molecule has 9 aromatic rings. The molecule has 0 amide bonds. The van der Waals surface area contributed by atoms with Gasteiger partial charge < -0.3 is 0 Å². The Balaban J connectivity index is 1.06. The highest BCUT2D eigenvalue weighted by atomic mass is 32.1. The van der Waals surface area contributed by atoms with Crippen LogP contribution in [-0.2, 0) is 0 Å². The van der Waals surface area contributed by atoms with Gasteiger partial charge in [0.1, 0.15) is 0 Å². The Morgan fingerprint density at radius 2 is 0.855 bits per heavy atom. The fourth-order valence-corrected chi connectivity index (χ4v) is 15.0. The van der Waals surface area contributed by atoms with Gasteiger partial charge in [-0.05, 0) is 116 Å². The summed E-state index contributed by atoms with van der Waals surface area (Å²) in [6.07, 6.45) is 12.0. The Bertz CT molecular complexity index is 2910. The smallest absolute Gasteiger partial charge is 0.0427 e. The van der Waals surface area contributed by atoms with Crippen molar-refractivity contribution < 1.29 is 0 Å². The Labute approximate surface area is 375 Å². The standard InChI is InChI=1S/C60H52S2/c1-5-21-39(22-6-1)51-37-53(61-59(51)41-25-9-3-10-26-41)55-43-29-13-17-33-47(43)57(48-34-18-14-30-44(48)55)58-49-35-19-15-31-45(49)56(46-32-16-20-36-50(46)58)54-38-52(40-23-7-2-8-24-40)60(62-54)42-27-11-4-12-28-42/h1,3-6,9-15,17-19,21-22,25-31,33-35,37-38,40,46,50,56,58H,2,7-8,16,20,23-24,32,36H2. The zero-order valence-corrected chi connectivity index (χ0v) is 36.9. The Hall–Kier alpha value is -5.54. The van der Waals surface area contributed by atoms with E-state index in [0.717, 1.165) is 0 Å². The van der Waals surface area contributed by atoms with E-state index in [1.54, 1.807) is 27.1 Å². The number of benzene rings is 7. The summed E-state index contributed by atoms with van der Waals surface area (Å²) in [7, 11) is 0. The summed E-state index contributed by atoms with van der Waals surface area (Å²) in [6.45, 7) is 0. The van der Waals surface area contributed by atoms with Crippen molar-refractivity contribution in [2.75, 3.05) is 0 Å². The lowest BCUT2D eigenvalue weighted by Crippen LogP contribution is -2.36. The molecule has 62 heavy (non-hydrogen) atoms. The van der Waals surface area contributed by atoms with Crippen molar-refractivity contribution in [3.05, 3.63) is 203 Å². The average Bonchev–Trinajstić information content (AvgIpc) is 4.00. The third-order valence-corrected chi connectivity index (χ3v) is 17.4. The zero-order valence-electron chi connectivity index (χ0n) is 35.3. The first-order valence-electron chi connectivity index (χ1n) is 23.3. The largest absolute Gasteiger partial charge is 0.139 e. The van der Waals surface area contributed by atoms with E-state index in [-0.39, 0.29) is 0 Å². The van der Waals surface area contributed by atoms with Gasteiger partial charge in [-0.1, -0.05) is 196 Å². The third-order valence-electron chi connectivity index (χ3n) is 14.9. The number of hydrogen-bond donors (Lipinski definition) is 0. The molecular weight excluding hydrogens is 785 g/mol. The van der Waals surface area contributed by atoms with Gasteiger partial charge in [0, 0.05) is 42.5 Å². The van der Waals surface area contributed by atoms with Crippen molar-refractivity contribution in [2.24, 2.45) is 11.8 Å². The lowest BCUT2D eigenvalue weighted by atomic mass is 9.56. The lowest BCUT2D eigenvalue weighted by Gasteiger charge is -2.48. The van der Waals surface area contributed by atoms with Crippen LogP contribution in [0.5, 0.6) is 0 Å². The number of fused-ring (bicyclic) bond motifs is 4. The number of thiophene rings is 2. The molecule has 3 aliphatic rings. The van der Waals surface area contributed by atoms with Crippen molar-refractivity contribution in [1.82, 2.24) is 0 Å². The lowest BCUT2D eigenvalue weighted by molar-refractivity contribution is 0.182. The molecule has 0 aliphatic heterocycles. The zero-order chi connectivity index (χ0) is 41.0. The van der Waals surface area contributed by atoms with E-state index >= 15 is 0 Å². The van der Waals surface area contributed by atoms with Crippen LogP contribution in [0.3, 0.4) is 0 Å². The van der Waals surface area contributed by atoms with Gasteiger partial charge in [-0.3, -0.25) is 0 Å². The van der Waals surface area contributed by atoms with Crippen LogP contribution in [-0.4, -0.2) is 0 Å². The number of hydrogen-bond acceptors (Lipinski definition) is 2. The molecule has 2 heterocycles. The molecule has 0 radical (unpaired) electrons. The predicted molar refractivity (Wildman–Crippen MR) is 267 cm³/mol. The van der Waals surface area contributed by atoms with Gasteiger partial charge in [-0.15, -0.1) is 22.7 Å². The molecule has 2 saturated carbocycles. The van der Waals surface area contributed by atoms with Crippen LogP contribution in [0.2, 0.25) is 0 Å². The van der Waals surface area contributed by atoms with Crippen LogP contribution in [0.4, 0.5) is 0 Å². The van der Waals surface area contributed by atoms with Gasteiger partial charge in [0.25, 0.3) is 0 Å². The van der Waals surface area contributed by atoms with E-state index in [9.17, 15) is 0 Å². The molecule has 4 atom stereocenters. The van der Waals surface area contributed by atoms with Crippen molar-refractivity contribution in [3.8, 4) is 42.4 Å². The van der Waals surface area contributed by atoms with Crippen LogP contribution in [0.1, 0.15) is 103 Å². The SMILES string of the molecule is c1ccc(-c2cc(-c3c4ccccc4c(C4c5ccccc5C(c5cc(C6CCCCC6)c(-c6ccccc6)s5)C5CCCCC45)c4ccccc34)sc2-c2ccccc2)cc1. The quantitative estimate of drug-likeness (QED) is 0.140. The maximum absolute atomic E-state index is 2.73. The van der Waals surface area contributed by atoms with Crippen molar-refractivity contribution in [1.29, 1.82) is 0 Å². The van der Waals surface area contributed by atoms with Crippen LogP contribution in [0.25, 0.3) is 64.0 Å². The summed E-state index contributed by atoms with van der Waals surface area (Å²) in [6, 6.07) is 67.2. The molecule has 0 saturated heterocycles. The van der Waals surface area contributed by atoms with Crippen LogP contribution in [0.15, 0.2) is 176 Å². The second kappa shape index (κ2) is 16.3. The Morgan fingerprint density at radius 1 is 0.371 bits per heavy atom. The maximum atomic E-state index is 2.73. The molecule has 2 fully saturated rings. The first kappa shape index (κ1) is 38.2. The van der Waals surface area contributed by atoms with Crippen LogP contribution < -0.4 is 0 Å². The Kier molecular flexibility index (Phi) is 10.0. The highest BCUT2D eigenvalue weighted by Gasteiger charge is 2.46.